The molecule has 0 saturated heterocycles. The first-order chi connectivity index (χ1) is 9.12. The van der Waals surface area contributed by atoms with Crippen molar-refractivity contribution in [3.63, 3.8) is 0 Å². The van der Waals surface area contributed by atoms with Gasteiger partial charge in [0.15, 0.2) is 5.58 Å². The highest BCUT2D eigenvalue weighted by molar-refractivity contribution is 6.31. The number of aliphatic hydroxyl groups excluding tert-OH is 1. The van der Waals surface area contributed by atoms with Crippen molar-refractivity contribution in [3.8, 4) is 0 Å². The van der Waals surface area contributed by atoms with Gasteiger partial charge in [-0.05, 0) is 31.2 Å². The Morgan fingerprint density at radius 2 is 2.16 bits per heavy atom. The van der Waals surface area contributed by atoms with E-state index in [2.05, 4.69) is 11.9 Å². The average molecular weight is 286 g/mol. The van der Waals surface area contributed by atoms with Crippen LogP contribution in [-0.4, -0.2) is 23.2 Å². The van der Waals surface area contributed by atoms with Crippen LogP contribution in [0.5, 0.6) is 0 Å². The number of rotatable bonds is 4. The minimum absolute atomic E-state index is 0.0839. The number of unbranched alkanes of at least 4 members (excludes halogenated alkanes) is 1. The van der Waals surface area contributed by atoms with E-state index in [-0.39, 0.29) is 12.4 Å². The lowest BCUT2D eigenvalue weighted by atomic mass is 10.3. The van der Waals surface area contributed by atoms with Crippen LogP contribution in [0.15, 0.2) is 22.6 Å². The Kier molecular flexibility index (Phi) is 6.80. The quantitative estimate of drug-likeness (QED) is 0.800. The molecule has 1 aromatic heterocycles. The van der Waals surface area contributed by atoms with Gasteiger partial charge in [0.1, 0.15) is 11.6 Å². The van der Waals surface area contributed by atoms with Gasteiger partial charge in [-0.3, -0.25) is 0 Å². The summed E-state index contributed by atoms with van der Waals surface area (Å²) in [7, 11) is 0. The first kappa shape index (κ1) is 15.9. The molecule has 0 aliphatic heterocycles. The number of fused-ring (bicyclic) bond motifs is 1. The summed E-state index contributed by atoms with van der Waals surface area (Å²) in [5.41, 5.74) is 11.6. The van der Waals surface area contributed by atoms with Crippen LogP contribution < -0.4 is 11.5 Å². The minimum atomic E-state index is -0.860. The Labute approximate surface area is 117 Å². The Bertz CT molecular complexity index is 500. The second-order valence-electron chi connectivity index (χ2n) is 4.06. The summed E-state index contributed by atoms with van der Waals surface area (Å²) >= 11 is 5.77. The molecule has 1 aromatic carbocycles. The number of oxazole rings is 1. The van der Waals surface area contributed by atoms with Crippen LogP contribution in [0.25, 0.3) is 11.1 Å². The Morgan fingerprint density at radius 3 is 2.68 bits per heavy atom. The number of benzene rings is 1. The first-order valence-corrected chi connectivity index (χ1v) is 6.64. The minimum Gasteiger partial charge on any atom is -0.438 e. The molecule has 2 aromatic rings. The number of aromatic nitrogens is 1. The van der Waals surface area contributed by atoms with Crippen molar-refractivity contribution in [3.05, 3.63) is 29.1 Å². The highest BCUT2D eigenvalue weighted by Gasteiger charge is 2.13. The van der Waals surface area contributed by atoms with Crippen molar-refractivity contribution in [1.29, 1.82) is 0 Å². The molecule has 0 spiro atoms. The monoisotopic (exact) mass is 285 g/mol. The maximum Gasteiger partial charge on any atom is 0.225 e. The van der Waals surface area contributed by atoms with Crippen molar-refractivity contribution >= 4 is 22.7 Å². The molecule has 0 saturated carbocycles. The largest absolute Gasteiger partial charge is 0.438 e. The Balaban J connectivity index is 0.000000312. The molecule has 0 amide bonds. The van der Waals surface area contributed by atoms with Gasteiger partial charge in [0.2, 0.25) is 5.89 Å². The number of nitrogens with zero attached hydrogens (tertiary/aromatic N) is 1. The summed E-state index contributed by atoms with van der Waals surface area (Å²) in [5.74, 6) is 0.227. The van der Waals surface area contributed by atoms with Crippen LogP contribution in [0.4, 0.5) is 0 Å². The van der Waals surface area contributed by atoms with Crippen molar-refractivity contribution in [2.45, 2.75) is 25.9 Å². The maximum absolute atomic E-state index is 9.39. The Morgan fingerprint density at radius 1 is 1.42 bits per heavy atom. The van der Waals surface area contributed by atoms with Crippen molar-refractivity contribution in [1.82, 2.24) is 4.98 Å². The van der Waals surface area contributed by atoms with Crippen molar-refractivity contribution in [2.24, 2.45) is 11.5 Å². The molecule has 1 heterocycles. The predicted molar refractivity (Wildman–Crippen MR) is 77.0 cm³/mol. The molecule has 1 atom stereocenters. The van der Waals surface area contributed by atoms with E-state index < -0.39 is 6.10 Å². The third-order valence-corrected chi connectivity index (χ3v) is 2.67. The lowest BCUT2D eigenvalue weighted by molar-refractivity contribution is 0.154. The zero-order valence-corrected chi connectivity index (χ0v) is 11.7. The molecule has 5 N–H and O–H groups in total. The van der Waals surface area contributed by atoms with Crippen LogP contribution in [0.2, 0.25) is 5.02 Å². The molecular formula is C13H20ClN3O2. The normalized spacial score (nSPS) is 12.1. The van der Waals surface area contributed by atoms with E-state index in [1.165, 1.54) is 12.8 Å². The second kappa shape index (κ2) is 8.12. The molecule has 19 heavy (non-hydrogen) atoms. The molecule has 6 heteroatoms. The van der Waals surface area contributed by atoms with Crippen LogP contribution in [-0.2, 0) is 0 Å². The Hall–Kier alpha value is -1.14. The standard InChI is InChI=1S/C9H9ClN2O2.C4H11N/c10-5-1-2-8-6(3-5)12-9(14-8)7(13)4-11;1-2-3-4-5/h1-3,7,13H,4,11H2;2-5H2,1H3. The van der Waals surface area contributed by atoms with Crippen LogP contribution in [0, 0.1) is 0 Å². The molecule has 5 nitrogen and oxygen atoms in total. The van der Waals surface area contributed by atoms with Crippen LogP contribution >= 0.6 is 11.6 Å². The van der Waals surface area contributed by atoms with E-state index in [1.54, 1.807) is 18.2 Å². The highest BCUT2D eigenvalue weighted by atomic mass is 35.5. The number of halogens is 1. The zero-order chi connectivity index (χ0) is 14.3. The van der Waals surface area contributed by atoms with Crippen molar-refractivity contribution < 1.29 is 9.52 Å². The number of nitrogens with two attached hydrogens (primary N) is 2. The van der Waals surface area contributed by atoms with E-state index in [9.17, 15) is 5.11 Å². The topological polar surface area (TPSA) is 98.3 Å². The van der Waals surface area contributed by atoms with Crippen LogP contribution in [0.1, 0.15) is 31.8 Å². The summed E-state index contributed by atoms with van der Waals surface area (Å²) in [4.78, 5) is 4.06. The molecule has 0 bridgehead atoms. The molecule has 0 fully saturated rings. The average Bonchev–Trinajstić information content (AvgIpc) is 2.82. The molecule has 1 unspecified atom stereocenters. The molecule has 0 radical (unpaired) electrons. The van der Waals surface area contributed by atoms with Gasteiger partial charge in [-0.1, -0.05) is 24.9 Å². The zero-order valence-electron chi connectivity index (χ0n) is 11.0. The van der Waals surface area contributed by atoms with Gasteiger partial charge in [-0.25, -0.2) is 4.98 Å². The van der Waals surface area contributed by atoms with E-state index in [0.717, 1.165) is 6.54 Å². The van der Waals surface area contributed by atoms with E-state index in [0.29, 0.717) is 16.1 Å². The smallest absolute Gasteiger partial charge is 0.225 e. The molecule has 0 aliphatic carbocycles. The van der Waals surface area contributed by atoms with Gasteiger partial charge in [0.05, 0.1) is 0 Å². The summed E-state index contributed by atoms with van der Waals surface area (Å²) in [6.07, 6.45) is 1.53. The van der Waals surface area contributed by atoms with Gasteiger partial charge < -0.3 is 21.0 Å². The molecule has 106 valence electrons. The van der Waals surface area contributed by atoms with Gasteiger partial charge in [0.25, 0.3) is 0 Å². The number of hydrogen-bond donors (Lipinski definition) is 3. The summed E-state index contributed by atoms with van der Waals surface area (Å²) in [6, 6.07) is 5.08. The molecular weight excluding hydrogens is 266 g/mol. The van der Waals surface area contributed by atoms with E-state index in [1.807, 2.05) is 0 Å². The summed E-state index contributed by atoms with van der Waals surface area (Å²) in [5, 5.41) is 9.97. The first-order valence-electron chi connectivity index (χ1n) is 6.26. The highest BCUT2D eigenvalue weighted by Crippen LogP contribution is 2.22. The number of aliphatic hydroxyl groups is 1. The molecule has 2 rings (SSSR count). The fourth-order valence-electron chi connectivity index (χ4n) is 1.37. The SMILES string of the molecule is CCCCN.NCC(O)c1nc2cc(Cl)ccc2o1. The molecule has 0 aliphatic rings. The van der Waals surface area contributed by atoms with E-state index in [4.69, 9.17) is 27.5 Å². The fourth-order valence-corrected chi connectivity index (χ4v) is 1.53. The van der Waals surface area contributed by atoms with Gasteiger partial charge in [-0.15, -0.1) is 0 Å². The summed E-state index contributed by atoms with van der Waals surface area (Å²) < 4.78 is 5.28. The number of hydrogen-bond acceptors (Lipinski definition) is 5. The van der Waals surface area contributed by atoms with Crippen molar-refractivity contribution in [2.75, 3.05) is 13.1 Å². The van der Waals surface area contributed by atoms with Gasteiger partial charge in [-0.2, -0.15) is 0 Å². The fraction of sp³-hybridized carbons (Fsp3) is 0.462. The second-order valence-corrected chi connectivity index (χ2v) is 4.49. The lowest BCUT2D eigenvalue weighted by Gasteiger charge is -1.99. The lowest BCUT2D eigenvalue weighted by Crippen LogP contribution is -2.11. The third-order valence-electron chi connectivity index (χ3n) is 2.43. The summed E-state index contributed by atoms with van der Waals surface area (Å²) in [6.45, 7) is 3.06. The van der Waals surface area contributed by atoms with Gasteiger partial charge in [0, 0.05) is 11.6 Å². The van der Waals surface area contributed by atoms with Gasteiger partial charge >= 0.3 is 0 Å². The predicted octanol–water partition coefficient (Wildman–Crippen LogP) is 2.22. The maximum atomic E-state index is 9.39. The third kappa shape index (κ3) is 4.80. The van der Waals surface area contributed by atoms with E-state index >= 15 is 0 Å². The van der Waals surface area contributed by atoms with Crippen LogP contribution in [0.3, 0.4) is 0 Å².